The molecule has 0 unspecified atom stereocenters. The minimum atomic E-state index is -3.37. The van der Waals surface area contributed by atoms with Gasteiger partial charge in [-0.2, -0.15) is 9.29 Å². The third-order valence-electron chi connectivity index (χ3n) is 3.98. The van der Waals surface area contributed by atoms with Crippen LogP contribution in [-0.4, -0.2) is 53.9 Å². The number of hydrogen-bond acceptors (Lipinski definition) is 7. The van der Waals surface area contributed by atoms with Crippen LogP contribution in [0, 0.1) is 6.92 Å². The van der Waals surface area contributed by atoms with Gasteiger partial charge in [-0.15, -0.1) is 11.3 Å². The van der Waals surface area contributed by atoms with Crippen molar-refractivity contribution in [1.82, 2.24) is 19.3 Å². The zero-order valence-corrected chi connectivity index (χ0v) is 15.6. The highest BCUT2D eigenvalue weighted by Crippen LogP contribution is 2.25. The largest absolute Gasteiger partial charge is 0.338 e. The van der Waals surface area contributed by atoms with Gasteiger partial charge in [0.15, 0.2) is 5.82 Å². The summed E-state index contributed by atoms with van der Waals surface area (Å²) in [6.45, 7) is 6.85. The fraction of sp³-hybridized carbons (Fsp3) is 0.600. The number of aromatic nitrogens is 2. The molecule has 0 aromatic carbocycles. The van der Waals surface area contributed by atoms with Gasteiger partial charge in [-0.25, -0.2) is 8.42 Å². The fourth-order valence-corrected chi connectivity index (χ4v) is 5.54. The van der Waals surface area contributed by atoms with Crippen molar-refractivity contribution in [3.63, 3.8) is 0 Å². The summed E-state index contributed by atoms with van der Waals surface area (Å²) in [4.78, 5) is 7.52. The van der Waals surface area contributed by atoms with Gasteiger partial charge in [-0.05, 0) is 25.5 Å². The summed E-state index contributed by atoms with van der Waals surface area (Å²) in [7, 11) is -3.37. The highest BCUT2D eigenvalue weighted by atomic mass is 32.2. The second-order valence-corrected chi connectivity index (χ2v) is 9.35. The van der Waals surface area contributed by atoms with Crippen molar-refractivity contribution in [2.45, 2.75) is 37.4 Å². The SMILES string of the molecule is CCCc1noc(CN2CCN(S(=O)(=O)c3ccc(C)s3)CC2)n1. The normalized spacial score (nSPS) is 17.4. The van der Waals surface area contributed by atoms with Crippen LogP contribution in [0.1, 0.15) is 29.9 Å². The van der Waals surface area contributed by atoms with Crippen LogP contribution in [0.25, 0.3) is 0 Å². The molecular weight excluding hydrogens is 348 g/mol. The van der Waals surface area contributed by atoms with Gasteiger partial charge < -0.3 is 4.52 Å². The van der Waals surface area contributed by atoms with Crippen LogP contribution in [0.5, 0.6) is 0 Å². The summed E-state index contributed by atoms with van der Waals surface area (Å²) >= 11 is 1.32. The lowest BCUT2D eigenvalue weighted by Crippen LogP contribution is -2.48. The summed E-state index contributed by atoms with van der Waals surface area (Å²) in [5.74, 6) is 1.34. The van der Waals surface area contributed by atoms with E-state index in [-0.39, 0.29) is 0 Å². The summed E-state index contributed by atoms with van der Waals surface area (Å²) < 4.78 is 32.5. The average Bonchev–Trinajstić information content (AvgIpc) is 3.18. The Kier molecular flexibility index (Phi) is 5.33. The summed E-state index contributed by atoms with van der Waals surface area (Å²) in [6.07, 6.45) is 1.80. The van der Waals surface area contributed by atoms with E-state index in [1.807, 2.05) is 13.0 Å². The van der Waals surface area contributed by atoms with Gasteiger partial charge in [0, 0.05) is 37.5 Å². The van der Waals surface area contributed by atoms with Crippen molar-refractivity contribution in [2.24, 2.45) is 0 Å². The molecule has 24 heavy (non-hydrogen) atoms. The van der Waals surface area contributed by atoms with Crippen molar-refractivity contribution in [2.75, 3.05) is 26.2 Å². The van der Waals surface area contributed by atoms with Crippen LogP contribution in [0.3, 0.4) is 0 Å². The molecule has 132 valence electrons. The van der Waals surface area contributed by atoms with Crippen LogP contribution in [0.4, 0.5) is 0 Å². The van der Waals surface area contributed by atoms with Crippen LogP contribution in [-0.2, 0) is 23.0 Å². The van der Waals surface area contributed by atoms with E-state index in [9.17, 15) is 8.42 Å². The van der Waals surface area contributed by atoms with E-state index < -0.39 is 10.0 Å². The molecular formula is C15H22N4O3S2. The lowest BCUT2D eigenvalue weighted by Gasteiger charge is -2.32. The van der Waals surface area contributed by atoms with E-state index in [1.165, 1.54) is 11.3 Å². The summed E-state index contributed by atoms with van der Waals surface area (Å²) in [5.41, 5.74) is 0. The molecule has 0 amide bonds. The Hall–Kier alpha value is -1.29. The Morgan fingerprint density at radius 1 is 1.25 bits per heavy atom. The van der Waals surface area contributed by atoms with Crippen LogP contribution >= 0.6 is 11.3 Å². The lowest BCUT2D eigenvalue weighted by molar-refractivity contribution is 0.163. The zero-order chi connectivity index (χ0) is 17.2. The second-order valence-electron chi connectivity index (χ2n) is 5.90. The fourth-order valence-electron chi connectivity index (χ4n) is 2.68. The van der Waals surface area contributed by atoms with Crippen LogP contribution in [0.15, 0.2) is 20.9 Å². The molecule has 7 nitrogen and oxygen atoms in total. The molecule has 9 heteroatoms. The monoisotopic (exact) mass is 370 g/mol. The maximum absolute atomic E-state index is 12.6. The maximum atomic E-state index is 12.6. The lowest BCUT2D eigenvalue weighted by atomic mass is 10.3. The topological polar surface area (TPSA) is 79.5 Å². The van der Waals surface area contributed by atoms with Gasteiger partial charge in [-0.3, -0.25) is 4.90 Å². The number of rotatable bonds is 6. The van der Waals surface area contributed by atoms with Crippen LogP contribution in [0.2, 0.25) is 0 Å². The van der Waals surface area contributed by atoms with E-state index in [2.05, 4.69) is 22.0 Å². The maximum Gasteiger partial charge on any atom is 0.252 e. The predicted octanol–water partition coefficient (Wildman–Crippen LogP) is 1.90. The molecule has 0 spiro atoms. The van der Waals surface area contributed by atoms with E-state index in [4.69, 9.17) is 4.52 Å². The first-order chi connectivity index (χ1) is 11.5. The molecule has 1 fully saturated rings. The Bertz CT molecular complexity index is 776. The second kappa shape index (κ2) is 7.30. The van der Waals surface area contributed by atoms with Gasteiger partial charge >= 0.3 is 0 Å². The molecule has 0 radical (unpaired) electrons. The molecule has 1 aliphatic heterocycles. The first-order valence-corrected chi connectivity index (χ1v) is 10.3. The van der Waals surface area contributed by atoms with Gasteiger partial charge in [0.05, 0.1) is 6.54 Å². The molecule has 1 saturated heterocycles. The first kappa shape index (κ1) is 17.5. The third kappa shape index (κ3) is 3.85. The average molecular weight is 371 g/mol. The number of nitrogens with zero attached hydrogens (tertiary/aromatic N) is 4. The molecule has 2 aromatic heterocycles. The molecule has 3 heterocycles. The molecule has 0 bridgehead atoms. The molecule has 2 aromatic rings. The highest BCUT2D eigenvalue weighted by molar-refractivity contribution is 7.91. The van der Waals surface area contributed by atoms with Gasteiger partial charge in [0.1, 0.15) is 4.21 Å². The number of piperazine rings is 1. The number of aryl methyl sites for hydroxylation is 2. The van der Waals surface area contributed by atoms with E-state index >= 15 is 0 Å². The number of thiophene rings is 1. The van der Waals surface area contributed by atoms with E-state index in [1.54, 1.807) is 10.4 Å². The Morgan fingerprint density at radius 2 is 2.00 bits per heavy atom. The minimum Gasteiger partial charge on any atom is -0.338 e. The Morgan fingerprint density at radius 3 is 2.62 bits per heavy atom. The van der Waals surface area contributed by atoms with Gasteiger partial charge in [-0.1, -0.05) is 12.1 Å². The molecule has 0 atom stereocenters. The molecule has 0 aliphatic carbocycles. The van der Waals surface area contributed by atoms with Gasteiger partial charge in [0.2, 0.25) is 5.89 Å². The minimum absolute atomic E-state index is 0.426. The molecule has 3 rings (SSSR count). The quantitative estimate of drug-likeness (QED) is 0.773. The third-order valence-corrected chi connectivity index (χ3v) is 7.35. The first-order valence-electron chi connectivity index (χ1n) is 8.09. The summed E-state index contributed by atoms with van der Waals surface area (Å²) in [6, 6.07) is 3.53. The molecule has 0 saturated carbocycles. The van der Waals surface area contributed by atoms with E-state index in [0.717, 1.165) is 23.5 Å². The number of sulfonamides is 1. The van der Waals surface area contributed by atoms with Crippen molar-refractivity contribution in [1.29, 1.82) is 0 Å². The van der Waals surface area contributed by atoms with Crippen molar-refractivity contribution >= 4 is 21.4 Å². The van der Waals surface area contributed by atoms with Crippen LogP contribution < -0.4 is 0 Å². The van der Waals surface area contributed by atoms with Gasteiger partial charge in [0.25, 0.3) is 10.0 Å². The molecule has 1 aliphatic rings. The molecule has 0 N–H and O–H groups in total. The van der Waals surface area contributed by atoms with Crippen molar-refractivity contribution in [3.05, 3.63) is 28.7 Å². The Balaban J connectivity index is 1.57. The van der Waals surface area contributed by atoms with E-state index in [0.29, 0.717) is 42.8 Å². The zero-order valence-electron chi connectivity index (χ0n) is 13.9. The highest BCUT2D eigenvalue weighted by Gasteiger charge is 2.29. The number of hydrogen-bond donors (Lipinski definition) is 0. The standard InChI is InChI=1S/C15H22N4O3S2/c1-3-4-13-16-14(22-17-13)11-18-7-9-19(10-8-18)24(20,21)15-6-5-12(2)23-15/h5-6H,3-4,7-11H2,1-2H3. The smallest absolute Gasteiger partial charge is 0.252 e. The van der Waals surface area contributed by atoms with Crippen molar-refractivity contribution < 1.29 is 12.9 Å². The Labute approximate surface area is 146 Å². The summed E-state index contributed by atoms with van der Waals surface area (Å²) in [5, 5.41) is 3.95. The van der Waals surface area contributed by atoms with Crippen molar-refractivity contribution in [3.8, 4) is 0 Å². The predicted molar refractivity (Wildman–Crippen MR) is 91.4 cm³/mol.